The summed E-state index contributed by atoms with van der Waals surface area (Å²) in [6.07, 6.45) is 3.35. The molecule has 2 aromatic heterocycles. The van der Waals surface area contributed by atoms with Gasteiger partial charge >= 0.3 is 0 Å². The Hall–Kier alpha value is -2.62. The fourth-order valence-corrected chi connectivity index (χ4v) is 4.34. The van der Waals surface area contributed by atoms with Crippen molar-refractivity contribution in [1.29, 1.82) is 0 Å². The molecule has 1 unspecified atom stereocenters. The lowest BCUT2D eigenvalue weighted by atomic mass is 10.1. The first-order valence-corrected chi connectivity index (χ1v) is 10.7. The molecule has 2 heterocycles. The Morgan fingerprint density at radius 3 is 2.86 bits per heavy atom. The molecule has 6 nitrogen and oxygen atoms in total. The summed E-state index contributed by atoms with van der Waals surface area (Å²) in [4.78, 5) is 4.51. The van der Waals surface area contributed by atoms with Crippen LogP contribution in [0.15, 0.2) is 48.1 Å². The number of aryl methyl sites for hydroxylation is 2. The van der Waals surface area contributed by atoms with E-state index in [1.807, 2.05) is 18.4 Å². The summed E-state index contributed by atoms with van der Waals surface area (Å²) in [6, 6.07) is 5.26. The Morgan fingerprint density at radius 2 is 2.14 bits per heavy atom. The SMILES string of the molecule is C=C(/C=C\N(N)Cc1cccc(C)c1F)Nc1nnc(C(C)c2nc(C)cs2)s1. The number of halogens is 1. The highest BCUT2D eigenvalue weighted by Gasteiger charge is 2.17. The van der Waals surface area contributed by atoms with Crippen molar-refractivity contribution in [1.82, 2.24) is 20.2 Å². The number of rotatable bonds is 8. The number of hydrazine groups is 1. The average molecular weight is 431 g/mol. The van der Waals surface area contributed by atoms with Crippen molar-refractivity contribution in [3.05, 3.63) is 80.8 Å². The first-order chi connectivity index (χ1) is 13.8. The third-order valence-corrected chi connectivity index (χ3v) is 6.34. The molecule has 29 heavy (non-hydrogen) atoms. The number of thiazole rings is 1. The van der Waals surface area contributed by atoms with E-state index in [9.17, 15) is 4.39 Å². The van der Waals surface area contributed by atoms with Gasteiger partial charge in [0.25, 0.3) is 0 Å². The number of nitrogens with two attached hydrogens (primary N) is 1. The van der Waals surface area contributed by atoms with E-state index < -0.39 is 0 Å². The highest BCUT2D eigenvalue weighted by atomic mass is 32.1. The molecule has 0 saturated heterocycles. The average Bonchev–Trinajstić information content (AvgIpc) is 3.32. The predicted molar refractivity (Wildman–Crippen MR) is 117 cm³/mol. The second kappa shape index (κ2) is 9.25. The fourth-order valence-electron chi connectivity index (χ4n) is 2.58. The number of hydrogen-bond donors (Lipinski definition) is 2. The normalized spacial score (nSPS) is 12.3. The largest absolute Gasteiger partial charge is 0.331 e. The molecular formula is C20H23FN6S2. The van der Waals surface area contributed by atoms with Crippen LogP contribution in [-0.4, -0.2) is 20.2 Å². The Morgan fingerprint density at radius 1 is 1.34 bits per heavy atom. The Labute approximate surface area is 177 Å². The van der Waals surface area contributed by atoms with Gasteiger partial charge in [-0.3, -0.25) is 0 Å². The van der Waals surface area contributed by atoms with Gasteiger partial charge in [0, 0.05) is 28.5 Å². The van der Waals surface area contributed by atoms with Gasteiger partial charge in [0.1, 0.15) is 15.8 Å². The van der Waals surface area contributed by atoms with E-state index in [2.05, 4.69) is 34.0 Å². The number of hydrogen-bond acceptors (Lipinski definition) is 8. The number of nitrogens with zero attached hydrogens (tertiary/aromatic N) is 4. The molecule has 0 aliphatic rings. The van der Waals surface area contributed by atoms with Crippen molar-refractivity contribution in [2.75, 3.05) is 5.32 Å². The summed E-state index contributed by atoms with van der Waals surface area (Å²) in [5, 5.41) is 17.5. The lowest BCUT2D eigenvalue weighted by molar-refractivity contribution is 0.377. The summed E-state index contributed by atoms with van der Waals surface area (Å²) < 4.78 is 14.1. The molecule has 0 spiro atoms. The van der Waals surface area contributed by atoms with Gasteiger partial charge in [0.2, 0.25) is 5.13 Å². The molecule has 3 rings (SSSR count). The molecule has 3 N–H and O–H groups in total. The van der Waals surface area contributed by atoms with Gasteiger partial charge in [0.05, 0.1) is 12.5 Å². The first-order valence-electron chi connectivity index (χ1n) is 8.98. The second-order valence-electron chi connectivity index (χ2n) is 6.68. The van der Waals surface area contributed by atoms with Gasteiger partial charge < -0.3 is 10.3 Å². The molecule has 0 fully saturated rings. The van der Waals surface area contributed by atoms with Crippen LogP contribution < -0.4 is 11.2 Å². The minimum absolute atomic E-state index is 0.0920. The standard InChI is InChI=1S/C20H23FN6S2/c1-12-6-5-7-16(17(12)21)10-27(22)9-8-13(2)24-20-26-25-19(29-20)15(4)18-23-14(3)11-28-18/h5-9,11,15H,2,10,22H2,1,3-4H3,(H,24,26)/b9-8-. The molecule has 0 aliphatic heterocycles. The van der Waals surface area contributed by atoms with Gasteiger partial charge in [-0.2, -0.15) is 0 Å². The third-order valence-electron chi connectivity index (χ3n) is 4.18. The van der Waals surface area contributed by atoms with Crippen molar-refractivity contribution in [2.45, 2.75) is 33.2 Å². The summed E-state index contributed by atoms with van der Waals surface area (Å²) >= 11 is 3.08. The van der Waals surface area contributed by atoms with E-state index in [1.165, 1.54) is 16.3 Å². The van der Waals surface area contributed by atoms with Crippen LogP contribution in [-0.2, 0) is 6.54 Å². The zero-order chi connectivity index (χ0) is 21.0. The van der Waals surface area contributed by atoms with Crippen LogP contribution in [0.1, 0.15) is 39.7 Å². The molecule has 0 amide bonds. The summed E-state index contributed by atoms with van der Waals surface area (Å²) in [7, 11) is 0. The van der Waals surface area contributed by atoms with Crippen LogP contribution in [0.4, 0.5) is 9.52 Å². The smallest absolute Gasteiger partial charge is 0.210 e. The molecule has 1 atom stereocenters. The fraction of sp³-hybridized carbons (Fsp3) is 0.250. The minimum atomic E-state index is -0.237. The maximum atomic E-state index is 14.1. The van der Waals surface area contributed by atoms with Crippen molar-refractivity contribution < 1.29 is 4.39 Å². The highest BCUT2D eigenvalue weighted by Crippen LogP contribution is 2.30. The zero-order valence-corrected chi connectivity index (χ0v) is 18.1. The molecule has 9 heteroatoms. The number of aromatic nitrogens is 3. The molecular weight excluding hydrogens is 407 g/mol. The third kappa shape index (κ3) is 5.47. The Kier molecular flexibility index (Phi) is 6.73. The predicted octanol–water partition coefficient (Wildman–Crippen LogP) is 4.72. The van der Waals surface area contributed by atoms with Crippen molar-refractivity contribution >= 4 is 27.8 Å². The molecule has 0 aliphatic carbocycles. The van der Waals surface area contributed by atoms with Gasteiger partial charge in [0.15, 0.2) is 0 Å². The lowest BCUT2D eigenvalue weighted by Gasteiger charge is -2.15. The van der Waals surface area contributed by atoms with Gasteiger partial charge in [-0.1, -0.05) is 36.1 Å². The number of allylic oxidation sites excluding steroid dienone is 1. The molecule has 1 aromatic carbocycles. The maximum absolute atomic E-state index is 14.1. The maximum Gasteiger partial charge on any atom is 0.210 e. The topological polar surface area (TPSA) is 80.0 Å². The quantitative estimate of drug-likeness (QED) is 0.306. The van der Waals surface area contributed by atoms with Crippen molar-refractivity contribution in [3.8, 4) is 0 Å². The zero-order valence-electron chi connectivity index (χ0n) is 16.5. The van der Waals surface area contributed by atoms with Gasteiger partial charge in [-0.05, 0) is 32.4 Å². The van der Waals surface area contributed by atoms with E-state index in [0.29, 0.717) is 22.0 Å². The van der Waals surface area contributed by atoms with E-state index in [4.69, 9.17) is 5.84 Å². The molecule has 0 bridgehead atoms. The lowest BCUT2D eigenvalue weighted by Crippen LogP contribution is -2.25. The van der Waals surface area contributed by atoms with Gasteiger partial charge in [-0.25, -0.2) is 15.2 Å². The van der Waals surface area contributed by atoms with E-state index in [-0.39, 0.29) is 18.3 Å². The number of benzene rings is 1. The van der Waals surface area contributed by atoms with Crippen molar-refractivity contribution in [2.24, 2.45) is 5.84 Å². The first kappa shape index (κ1) is 21.1. The summed E-state index contributed by atoms with van der Waals surface area (Å²) in [6.45, 7) is 9.98. The van der Waals surface area contributed by atoms with Gasteiger partial charge in [-0.15, -0.1) is 21.5 Å². The van der Waals surface area contributed by atoms with Crippen LogP contribution in [0.5, 0.6) is 0 Å². The second-order valence-corrected chi connectivity index (χ2v) is 8.58. The van der Waals surface area contributed by atoms with Crippen LogP contribution in [0, 0.1) is 19.7 Å². The minimum Gasteiger partial charge on any atom is -0.331 e. The molecule has 0 radical (unpaired) electrons. The van der Waals surface area contributed by atoms with Crippen LogP contribution in [0.25, 0.3) is 0 Å². The van der Waals surface area contributed by atoms with Crippen LogP contribution >= 0.6 is 22.7 Å². The van der Waals surface area contributed by atoms with Crippen molar-refractivity contribution in [3.63, 3.8) is 0 Å². The molecule has 3 aromatic rings. The summed E-state index contributed by atoms with van der Waals surface area (Å²) in [5.41, 5.74) is 2.75. The highest BCUT2D eigenvalue weighted by molar-refractivity contribution is 7.15. The van der Waals surface area contributed by atoms with E-state index >= 15 is 0 Å². The van der Waals surface area contributed by atoms with Crippen LogP contribution in [0.2, 0.25) is 0 Å². The van der Waals surface area contributed by atoms with Crippen LogP contribution in [0.3, 0.4) is 0 Å². The number of anilines is 1. The van der Waals surface area contributed by atoms with E-state index in [1.54, 1.807) is 42.7 Å². The van der Waals surface area contributed by atoms with E-state index in [0.717, 1.165) is 15.7 Å². The Bertz CT molecular complexity index is 1030. The molecule has 0 saturated carbocycles. The molecule has 152 valence electrons. The number of nitrogens with one attached hydrogen (secondary N) is 1. The monoisotopic (exact) mass is 430 g/mol. The summed E-state index contributed by atoms with van der Waals surface area (Å²) in [5.74, 6) is 5.81. The Balaban J connectivity index is 1.56.